The fraction of sp³-hybridized carbons (Fsp3) is 0.429. The van der Waals surface area contributed by atoms with E-state index in [0.29, 0.717) is 19.5 Å². The van der Waals surface area contributed by atoms with Crippen LogP contribution in [0.3, 0.4) is 0 Å². The Balaban J connectivity index is 2.08. The molecule has 1 amide bonds. The molecule has 20 heavy (non-hydrogen) atoms. The van der Waals surface area contributed by atoms with Gasteiger partial charge in [-0.15, -0.1) is 0 Å². The number of carbonyl (C=O) groups is 2. The van der Waals surface area contributed by atoms with E-state index in [0.717, 1.165) is 15.8 Å². The summed E-state index contributed by atoms with van der Waals surface area (Å²) in [6.07, 6.45) is 0.431. The van der Waals surface area contributed by atoms with Crippen molar-refractivity contribution in [2.75, 3.05) is 13.7 Å². The van der Waals surface area contributed by atoms with Crippen LogP contribution >= 0.6 is 27.7 Å². The molecule has 1 aromatic carbocycles. The van der Waals surface area contributed by atoms with E-state index in [1.165, 1.54) is 18.7 Å². The molecule has 4 nitrogen and oxygen atoms in total. The number of nitrogens with zero attached hydrogens (tertiary/aromatic N) is 1. The molecule has 108 valence electrons. The minimum absolute atomic E-state index is 0.0599. The SMILES string of the molecule is COc1ccc(Br)cc1CN1CC(SC(C)=O)CC1=O. The van der Waals surface area contributed by atoms with E-state index in [4.69, 9.17) is 4.74 Å². The number of hydrogen-bond acceptors (Lipinski definition) is 4. The third kappa shape index (κ3) is 3.76. The monoisotopic (exact) mass is 357 g/mol. The number of halogens is 1. The number of methoxy groups -OCH3 is 1. The molecule has 0 radical (unpaired) electrons. The van der Waals surface area contributed by atoms with E-state index >= 15 is 0 Å². The lowest BCUT2D eigenvalue weighted by Gasteiger charge is -2.18. The highest BCUT2D eigenvalue weighted by atomic mass is 79.9. The Labute approximate surface area is 131 Å². The first-order chi connectivity index (χ1) is 9.49. The van der Waals surface area contributed by atoms with Crippen LogP contribution in [-0.2, 0) is 16.1 Å². The first kappa shape index (κ1) is 15.4. The van der Waals surface area contributed by atoms with Crippen molar-refractivity contribution in [3.63, 3.8) is 0 Å². The topological polar surface area (TPSA) is 46.6 Å². The van der Waals surface area contributed by atoms with Gasteiger partial charge in [0.1, 0.15) is 5.75 Å². The Morgan fingerprint density at radius 3 is 2.95 bits per heavy atom. The lowest BCUT2D eigenvalue weighted by molar-refractivity contribution is -0.128. The number of rotatable bonds is 4. The Hall–Kier alpha value is -1.01. The quantitative estimate of drug-likeness (QED) is 0.831. The molecule has 0 aromatic heterocycles. The van der Waals surface area contributed by atoms with Crippen molar-refractivity contribution in [2.24, 2.45) is 0 Å². The summed E-state index contributed by atoms with van der Waals surface area (Å²) in [6.45, 7) is 2.66. The van der Waals surface area contributed by atoms with Crippen molar-refractivity contribution in [2.45, 2.75) is 25.1 Å². The van der Waals surface area contributed by atoms with E-state index in [9.17, 15) is 9.59 Å². The van der Waals surface area contributed by atoms with Crippen LogP contribution in [-0.4, -0.2) is 34.8 Å². The van der Waals surface area contributed by atoms with Crippen LogP contribution in [0.5, 0.6) is 5.75 Å². The summed E-state index contributed by atoms with van der Waals surface area (Å²) >= 11 is 4.68. The molecule has 0 spiro atoms. The predicted octanol–water partition coefficient (Wildman–Crippen LogP) is 2.84. The molecule has 6 heteroatoms. The maximum absolute atomic E-state index is 12.0. The molecule has 1 saturated heterocycles. The van der Waals surface area contributed by atoms with E-state index in [1.807, 2.05) is 18.2 Å². The summed E-state index contributed by atoms with van der Waals surface area (Å²) in [5.74, 6) is 0.856. The van der Waals surface area contributed by atoms with E-state index in [-0.39, 0.29) is 16.3 Å². The average Bonchev–Trinajstić information content (AvgIpc) is 2.69. The van der Waals surface area contributed by atoms with Crippen LogP contribution < -0.4 is 4.74 Å². The molecule has 0 bridgehead atoms. The third-order valence-corrected chi connectivity index (χ3v) is 4.59. The second-order valence-corrected chi connectivity index (χ2v) is 7.06. The second-order valence-electron chi connectivity index (χ2n) is 4.67. The Kier molecular flexibility index (Phi) is 5.10. The van der Waals surface area contributed by atoms with Gasteiger partial charge in [-0.25, -0.2) is 0 Å². The number of carbonyl (C=O) groups excluding carboxylic acids is 2. The van der Waals surface area contributed by atoms with Crippen molar-refractivity contribution in [3.05, 3.63) is 28.2 Å². The zero-order chi connectivity index (χ0) is 14.7. The van der Waals surface area contributed by atoms with Gasteiger partial charge in [0.2, 0.25) is 5.91 Å². The highest BCUT2D eigenvalue weighted by Gasteiger charge is 2.31. The number of hydrogen-bond donors (Lipinski definition) is 0. The zero-order valence-corrected chi connectivity index (χ0v) is 13.8. The Morgan fingerprint density at radius 1 is 1.55 bits per heavy atom. The van der Waals surface area contributed by atoms with E-state index in [1.54, 1.807) is 12.0 Å². The smallest absolute Gasteiger partial charge is 0.224 e. The predicted molar refractivity (Wildman–Crippen MR) is 82.8 cm³/mol. The summed E-state index contributed by atoms with van der Waals surface area (Å²) in [5, 5.41) is 0.128. The largest absolute Gasteiger partial charge is 0.496 e. The lowest BCUT2D eigenvalue weighted by Crippen LogP contribution is -2.25. The molecule has 0 aliphatic carbocycles. The van der Waals surface area contributed by atoms with Crippen molar-refractivity contribution in [1.29, 1.82) is 0 Å². The van der Waals surface area contributed by atoms with Gasteiger partial charge in [-0.3, -0.25) is 9.59 Å². The van der Waals surface area contributed by atoms with Gasteiger partial charge in [0, 0.05) is 41.7 Å². The molecular weight excluding hydrogens is 342 g/mol. The molecule has 1 atom stereocenters. The van der Waals surface area contributed by atoms with Gasteiger partial charge in [-0.2, -0.15) is 0 Å². The summed E-state index contributed by atoms with van der Waals surface area (Å²) in [4.78, 5) is 24.9. The molecule has 1 aromatic rings. The fourth-order valence-corrected chi connectivity index (χ4v) is 3.64. The normalized spacial score (nSPS) is 18.4. The zero-order valence-electron chi connectivity index (χ0n) is 11.4. The highest BCUT2D eigenvalue weighted by Crippen LogP contribution is 2.29. The lowest BCUT2D eigenvalue weighted by atomic mass is 10.2. The van der Waals surface area contributed by atoms with Crippen LogP contribution in [0.2, 0.25) is 0 Å². The molecule has 1 aliphatic rings. The van der Waals surface area contributed by atoms with Crippen LogP contribution in [0.25, 0.3) is 0 Å². The average molecular weight is 358 g/mol. The molecular formula is C14H16BrNO3S. The molecule has 1 aliphatic heterocycles. The van der Waals surface area contributed by atoms with Crippen LogP contribution in [0.4, 0.5) is 0 Å². The van der Waals surface area contributed by atoms with Crippen LogP contribution in [0, 0.1) is 0 Å². The van der Waals surface area contributed by atoms with Gasteiger partial charge in [0.05, 0.1) is 7.11 Å². The number of thioether (sulfide) groups is 1. The van der Waals surface area contributed by atoms with Crippen molar-refractivity contribution in [3.8, 4) is 5.75 Å². The van der Waals surface area contributed by atoms with Crippen LogP contribution in [0.15, 0.2) is 22.7 Å². The van der Waals surface area contributed by atoms with Crippen molar-refractivity contribution in [1.82, 2.24) is 4.90 Å². The van der Waals surface area contributed by atoms with Gasteiger partial charge in [-0.05, 0) is 18.2 Å². The standard InChI is InChI=1S/C14H16BrNO3S/c1-9(17)20-12-6-14(18)16(8-12)7-10-5-11(15)3-4-13(10)19-2/h3-5,12H,6-8H2,1-2H3. The minimum atomic E-state index is 0.0599. The minimum Gasteiger partial charge on any atom is -0.496 e. The maximum Gasteiger partial charge on any atom is 0.224 e. The van der Waals surface area contributed by atoms with Crippen molar-refractivity contribution < 1.29 is 14.3 Å². The Bertz CT molecular complexity index is 535. The van der Waals surface area contributed by atoms with E-state index in [2.05, 4.69) is 15.9 Å². The van der Waals surface area contributed by atoms with Gasteiger partial charge >= 0.3 is 0 Å². The van der Waals surface area contributed by atoms with E-state index < -0.39 is 0 Å². The first-order valence-electron chi connectivity index (χ1n) is 6.27. The van der Waals surface area contributed by atoms with Gasteiger partial charge in [0.25, 0.3) is 0 Å². The molecule has 2 rings (SSSR count). The molecule has 0 N–H and O–H groups in total. The fourth-order valence-electron chi connectivity index (χ4n) is 2.28. The second kappa shape index (κ2) is 6.63. The van der Waals surface area contributed by atoms with Gasteiger partial charge in [0.15, 0.2) is 5.12 Å². The molecule has 1 heterocycles. The van der Waals surface area contributed by atoms with Gasteiger partial charge in [-0.1, -0.05) is 27.7 Å². The summed E-state index contributed by atoms with van der Waals surface area (Å²) < 4.78 is 6.27. The summed E-state index contributed by atoms with van der Waals surface area (Å²) in [5.41, 5.74) is 0.962. The molecule has 1 unspecified atom stereocenters. The molecule has 0 saturated carbocycles. The Morgan fingerprint density at radius 2 is 2.30 bits per heavy atom. The third-order valence-electron chi connectivity index (χ3n) is 3.12. The summed E-state index contributed by atoms with van der Waals surface area (Å²) in [7, 11) is 1.62. The van der Waals surface area contributed by atoms with Crippen molar-refractivity contribution >= 4 is 38.7 Å². The number of benzene rings is 1. The maximum atomic E-state index is 12.0. The highest BCUT2D eigenvalue weighted by molar-refractivity contribution is 9.10. The number of ether oxygens (including phenoxy) is 1. The first-order valence-corrected chi connectivity index (χ1v) is 7.94. The van der Waals surface area contributed by atoms with Gasteiger partial charge < -0.3 is 9.64 Å². The number of likely N-dealkylation sites (tertiary alicyclic amines) is 1. The summed E-state index contributed by atoms with van der Waals surface area (Å²) in [6, 6.07) is 5.74. The molecule has 1 fully saturated rings. The van der Waals surface area contributed by atoms with Crippen LogP contribution in [0.1, 0.15) is 18.9 Å². The number of amides is 1.